The third kappa shape index (κ3) is 3.66. The topological polar surface area (TPSA) is 56.7 Å². The van der Waals surface area contributed by atoms with Gasteiger partial charge in [0, 0.05) is 60.3 Å². The summed E-state index contributed by atoms with van der Waals surface area (Å²) in [5.41, 5.74) is 1.48. The summed E-state index contributed by atoms with van der Waals surface area (Å²) in [5.74, 6) is 0.0129. The van der Waals surface area contributed by atoms with Crippen LogP contribution in [0.15, 0.2) is 48.8 Å². The van der Waals surface area contributed by atoms with Gasteiger partial charge in [-0.15, -0.1) is 0 Å². The van der Waals surface area contributed by atoms with Crippen molar-refractivity contribution in [3.05, 3.63) is 59.4 Å². The highest BCUT2D eigenvalue weighted by molar-refractivity contribution is 6.30. The van der Waals surface area contributed by atoms with Crippen LogP contribution in [-0.2, 0) is 0 Å². The van der Waals surface area contributed by atoms with E-state index in [9.17, 15) is 9.90 Å². The molecule has 2 fully saturated rings. The van der Waals surface area contributed by atoms with Gasteiger partial charge in [-0.2, -0.15) is 0 Å². The molecule has 4 rings (SSSR count). The van der Waals surface area contributed by atoms with E-state index in [-0.39, 0.29) is 11.3 Å². The number of carbonyl (C=O) groups excluding carboxylic acids is 1. The van der Waals surface area contributed by atoms with Crippen molar-refractivity contribution >= 4 is 23.2 Å². The first kappa shape index (κ1) is 18.3. The molecule has 0 unspecified atom stereocenters. The predicted molar refractivity (Wildman–Crippen MR) is 106 cm³/mol. The van der Waals surface area contributed by atoms with Crippen molar-refractivity contribution in [1.82, 2.24) is 9.88 Å². The fraction of sp³-hybridized carbons (Fsp3) is 0.429. The fourth-order valence-corrected chi connectivity index (χ4v) is 4.56. The molecule has 1 N–H and O–H groups in total. The molecule has 2 atom stereocenters. The number of aliphatic hydroxyl groups is 1. The van der Waals surface area contributed by atoms with E-state index < -0.39 is 6.10 Å². The van der Waals surface area contributed by atoms with Crippen LogP contribution in [0.4, 0.5) is 5.69 Å². The minimum atomic E-state index is -0.392. The van der Waals surface area contributed by atoms with Gasteiger partial charge >= 0.3 is 0 Å². The van der Waals surface area contributed by atoms with Gasteiger partial charge in [-0.3, -0.25) is 9.78 Å². The molecule has 0 aliphatic carbocycles. The summed E-state index contributed by atoms with van der Waals surface area (Å²) in [5, 5.41) is 11.5. The van der Waals surface area contributed by atoms with Crippen molar-refractivity contribution < 1.29 is 9.90 Å². The zero-order valence-electron chi connectivity index (χ0n) is 15.2. The molecule has 3 heterocycles. The Morgan fingerprint density at radius 1 is 1.11 bits per heavy atom. The van der Waals surface area contributed by atoms with E-state index >= 15 is 0 Å². The normalized spacial score (nSPS) is 25.6. The van der Waals surface area contributed by atoms with Gasteiger partial charge in [0.2, 0.25) is 0 Å². The van der Waals surface area contributed by atoms with Gasteiger partial charge in [0.15, 0.2) is 0 Å². The van der Waals surface area contributed by atoms with Crippen LogP contribution in [0.25, 0.3) is 0 Å². The number of hydrogen-bond donors (Lipinski definition) is 1. The number of aliphatic hydroxyl groups excluding tert-OH is 1. The number of likely N-dealkylation sites (tertiary alicyclic amines) is 1. The molecule has 6 heteroatoms. The highest BCUT2D eigenvalue weighted by Crippen LogP contribution is 2.40. The zero-order chi connectivity index (χ0) is 18.9. The van der Waals surface area contributed by atoms with E-state index in [0.717, 1.165) is 38.2 Å². The van der Waals surface area contributed by atoms with E-state index in [2.05, 4.69) is 9.88 Å². The second kappa shape index (κ2) is 7.49. The molecule has 1 aromatic carbocycles. The summed E-state index contributed by atoms with van der Waals surface area (Å²) in [4.78, 5) is 21.3. The Morgan fingerprint density at radius 3 is 2.59 bits per heavy atom. The molecular formula is C21H24ClN3O2. The first-order valence-electron chi connectivity index (χ1n) is 9.45. The maximum Gasteiger partial charge on any atom is 0.253 e. The lowest BCUT2D eigenvalue weighted by atomic mass is 9.71. The molecule has 142 valence electrons. The smallest absolute Gasteiger partial charge is 0.253 e. The van der Waals surface area contributed by atoms with Gasteiger partial charge in [-0.1, -0.05) is 11.6 Å². The average molecular weight is 386 g/mol. The molecule has 1 spiro atoms. The number of rotatable bonds is 2. The number of hydrogen-bond acceptors (Lipinski definition) is 4. The number of aromatic nitrogens is 1. The molecule has 2 aromatic rings. The van der Waals surface area contributed by atoms with Crippen LogP contribution in [0.5, 0.6) is 0 Å². The summed E-state index contributed by atoms with van der Waals surface area (Å²) in [6, 6.07) is 11.0. The molecule has 2 saturated heterocycles. The number of halogens is 1. The number of amides is 1. The molecule has 2 aliphatic rings. The van der Waals surface area contributed by atoms with Gasteiger partial charge in [0.05, 0.1) is 6.10 Å². The maximum atomic E-state index is 13.0. The minimum Gasteiger partial charge on any atom is -0.392 e. The predicted octanol–water partition coefficient (Wildman–Crippen LogP) is 3.23. The Bertz CT molecular complexity index is 799. The standard InChI is InChI=1S/C21H24ClN3O2/c22-17-4-2-16(3-5-17)20(27)25-12-1-9-21(15-25)14-24(13-8-19(21)26)18-6-10-23-11-7-18/h2-7,10-11,19,26H,1,8-9,12-15H2/t19-,21-/m1/s1. The van der Waals surface area contributed by atoms with Crippen LogP contribution in [-0.4, -0.2) is 53.2 Å². The maximum absolute atomic E-state index is 13.0. The lowest BCUT2D eigenvalue weighted by Gasteiger charge is -2.51. The van der Waals surface area contributed by atoms with Crippen LogP contribution in [0.2, 0.25) is 5.02 Å². The van der Waals surface area contributed by atoms with Crippen LogP contribution >= 0.6 is 11.6 Å². The summed E-state index contributed by atoms with van der Waals surface area (Å²) < 4.78 is 0. The highest BCUT2D eigenvalue weighted by atomic mass is 35.5. The largest absolute Gasteiger partial charge is 0.392 e. The second-order valence-electron chi connectivity index (χ2n) is 7.63. The van der Waals surface area contributed by atoms with Crippen LogP contribution in [0.3, 0.4) is 0 Å². The SMILES string of the molecule is O=C(c1ccc(Cl)cc1)N1CCC[C@]2(C1)CN(c1ccncc1)CC[C@H]2O. The molecular weight excluding hydrogens is 362 g/mol. The summed E-state index contributed by atoms with van der Waals surface area (Å²) >= 11 is 5.94. The number of piperidine rings is 2. The molecule has 1 amide bonds. The van der Waals surface area contributed by atoms with Gasteiger partial charge in [0.25, 0.3) is 5.91 Å². The molecule has 0 radical (unpaired) electrons. The monoisotopic (exact) mass is 385 g/mol. The van der Waals surface area contributed by atoms with Crippen molar-refractivity contribution in [2.24, 2.45) is 5.41 Å². The first-order chi connectivity index (χ1) is 13.1. The van der Waals surface area contributed by atoms with Crippen molar-refractivity contribution in [3.63, 3.8) is 0 Å². The van der Waals surface area contributed by atoms with Crippen molar-refractivity contribution in [1.29, 1.82) is 0 Å². The molecule has 5 nitrogen and oxygen atoms in total. The van der Waals surface area contributed by atoms with E-state index in [1.807, 2.05) is 17.0 Å². The highest BCUT2D eigenvalue weighted by Gasteiger charge is 2.46. The van der Waals surface area contributed by atoms with E-state index in [1.165, 1.54) is 0 Å². The zero-order valence-corrected chi connectivity index (χ0v) is 16.0. The Hall–Kier alpha value is -2.11. The van der Waals surface area contributed by atoms with Crippen LogP contribution in [0, 0.1) is 5.41 Å². The lowest BCUT2D eigenvalue weighted by molar-refractivity contribution is -0.0361. The Balaban J connectivity index is 1.54. The van der Waals surface area contributed by atoms with E-state index in [0.29, 0.717) is 23.6 Å². The first-order valence-corrected chi connectivity index (χ1v) is 9.83. The quantitative estimate of drug-likeness (QED) is 0.862. The second-order valence-corrected chi connectivity index (χ2v) is 8.07. The van der Waals surface area contributed by atoms with Gasteiger partial charge < -0.3 is 14.9 Å². The summed E-state index contributed by atoms with van der Waals surface area (Å²) in [7, 11) is 0. The molecule has 2 aliphatic heterocycles. The molecule has 0 bridgehead atoms. The van der Waals surface area contributed by atoms with Crippen molar-refractivity contribution in [2.75, 3.05) is 31.1 Å². The summed E-state index contributed by atoms with van der Waals surface area (Å²) in [6.45, 7) is 2.88. The Morgan fingerprint density at radius 2 is 1.85 bits per heavy atom. The number of pyridine rings is 1. The minimum absolute atomic E-state index is 0.0129. The summed E-state index contributed by atoms with van der Waals surface area (Å²) in [6.07, 6.45) is 5.75. The number of nitrogens with zero attached hydrogens (tertiary/aromatic N) is 3. The fourth-order valence-electron chi connectivity index (χ4n) is 4.43. The van der Waals surface area contributed by atoms with Crippen LogP contribution < -0.4 is 4.90 Å². The van der Waals surface area contributed by atoms with E-state index in [4.69, 9.17) is 11.6 Å². The van der Waals surface area contributed by atoms with Gasteiger partial charge in [0.1, 0.15) is 0 Å². The molecule has 0 saturated carbocycles. The van der Waals surface area contributed by atoms with E-state index in [1.54, 1.807) is 36.7 Å². The Kier molecular flexibility index (Phi) is 5.06. The number of benzene rings is 1. The molecule has 1 aromatic heterocycles. The van der Waals surface area contributed by atoms with Crippen LogP contribution in [0.1, 0.15) is 29.6 Å². The van der Waals surface area contributed by atoms with Gasteiger partial charge in [-0.05, 0) is 55.7 Å². The third-order valence-corrected chi connectivity index (χ3v) is 6.15. The van der Waals surface area contributed by atoms with Crippen molar-refractivity contribution in [3.8, 4) is 0 Å². The number of anilines is 1. The molecule has 27 heavy (non-hydrogen) atoms. The van der Waals surface area contributed by atoms with Gasteiger partial charge in [-0.25, -0.2) is 0 Å². The number of carbonyl (C=O) groups is 1. The van der Waals surface area contributed by atoms with Crippen molar-refractivity contribution in [2.45, 2.75) is 25.4 Å². The third-order valence-electron chi connectivity index (χ3n) is 5.90. The lowest BCUT2D eigenvalue weighted by Crippen LogP contribution is -2.60. The average Bonchev–Trinajstić information content (AvgIpc) is 2.71. The Labute approximate surface area is 164 Å².